The number of para-hydroxylation sites is 1. The molecule has 5 rings (SSSR count). The number of allylic oxidation sites excluding steroid dienone is 3. The number of rotatable bonds is 2. The van der Waals surface area contributed by atoms with E-state index < -0.39 is 5.41 Å². The molecule has 1 atom stereocenters. The topological polar surface area (TPSA) is 59.0 Å². The Morgan fingerprint density at radius 1 is 1.18 bits per heavy atom. The van der Waals surface area contributed by atoms with Gasteiger partial charge in [0.05, 0.1) is 6.61 Å². The third-order valence-electron chi connectivity index (χ3n) is 5.94. The van der Waals surface area contributed by atoms with E-state index in [1.54, 1.807) is 6.08 Å². The highest BCUT2D eigenvalue weighted by Crippen LogP contribution is 2.53. The van der Waals surface area contributed by atoms with Gasteiger partial charge in [-0.2, -0.15) is 0 Å². The minimum absolute atomic E-state index is 0.124. The summed E-state index contributed by atoms with van der Waals surface area (Å²) < 4.78 is 11.6. The van der Waals surface area contributed by atoms with E-state index in [2.05, 4.69) is 30.6 Å². The number of carbonyl (C=O) groups excluding carboxylic acids is 1. The first-order valence-electron chi connectivity index (χ1n) is 11.2. The Morgan fingerprint density at radius 2 is 1.97 bits per heavy atom. The summed E-state index contributed by atoms with van der Waals surface area (Å²) in [6.45, 7) is 9.20. The molecular weight excluding hydrogens is 414 g/mol. The second-order valence-corrected chi connectivity index (χ2v) is 7.61. The number of benzene rings is 2. The molecule has 0 fully saturated rings. The van der Waals surface area contributed by atoms with Crippen LogP contribution in [0.4, 0.5) is 5.69 Å². The van der Waals surface area contributed by atoms with Crippen LogP contribution in [-0.2, 0) is 16.6 Å². The van der Waals surface area contributed by atoms with Crippen molar-refractivity contribution in [1.82, 2.24) is 0 Å². The SMILES string of the molecule is C=CC#CC/C=C\C.CCN1C(=O)C2(COc3cc4c(cc32)CCO4)c2ccccc21.CO. The van der Waals surface area contributed by atoms with Crippen LogP contribution in [0, 0.1) is 11.8 Å². The zero-order chi connectivity index (χ0) is 23.8. The van der Waals surface area contributed by atoms with Gasteiger partial charge in [-0.1, -0.05) is 48.8 Å². The zero-order valence-corrected chi connectivity index (χ0v) is 19.6. The summed E-state index contributed by atoms with van der Waals surface area (Å²) in [5.74, 6) is 7.43. The fourth-order valence-corrected chi connectivity index (χ4v) is 4.47. The number of fused-ring (bicyclic) bond motifs is 5. The molecule has 5 heteroatoms. The Kier molecular flexibility index (Phi) is 7.97. The molecule has 3 aliphatic heterocycles. The molecule has 0 saturated carbocycles. The lowest BCUT2D eigenvalue weighted by molar-refractivity contribution is -0.122. The Morgan fingerprint density at radius 3 is 2.70 bits per heavy atom. The van der Waals surface area contributed by atoms with Crippen molar-refractivity contribution in [3.63, 3.8) is 0 Å². The molecule has 5 nitrogen and oxygen atoms in total. The first-order valence-corrected chi connectivity index (χ1v) is 11.2. The summed E-state index contributed by atoms with van der Waals surface area (Å²) in [6.07, 6.45) is 7.33. The highest BCUT2D eigenvalue weighted by molar-refractivity contribution is 6.11. The molecule has 0 aliphatic carbocycles. The molecule has 3 aliphatic rings. The van der Waals surface area contributed by atoms with Crippen LogP contribution in [0.2, 0.25) is 0 Å². The monoisotopic (exact) mass is 445 g/mol. The van der Waals surface area contributed by atoms with Crippen molar-refractivity contribution in [2.45, 2.75) is 32.1 Å². The van der Waals surface area contributed by atoms with Gasteiger partial charge in [0.2, 0.25) is 5.91 Å². The van der Waals surface area contributed by atoms with E-state index in [0.717, 1.165) is 48.3 Å². The van der Waals surface area contributed by atoms with Gasteiger partial charge >= 0.3 is 0 Å². The molecular formula is C28H31NO4. The van der Waals surface area contributed by atoms with Gasteiger partial charge in [0, 0.05) is 43.8 Å². The van der Waals surface area contributed by atoms with Crippen LogP contribution < -0.4 is 14.4 Å². The Bertz CT molecular complexity index is 1110. The van der Waals surface area contributed by atoms with E-state index in [-0.39, 0.29) is 5.91 Å². The molecule has 33 heavy (non-hydrogen) atoms. The largest absolute Gasteiger partial charge is 0.493 e. The summed E-state index contributed by atoms with van der Waals surface area (Å²) in [5.41, 5.74) is 3.54. The van der Waals surface area contributed by atoms with E-state index >= 15 is 0 Å². The molecule has 2 aromatic carbocycles. The highest BCUT2D eigenvalue weighted by Gasteiger charge is 2.56. The molecule has 1 unspecified atom stereocenters. The molecule has 172 valence electrons. The van der Waals surface area contributed by atoms with Crippen molar-refractivity contribution in [2.24, 2.45) is 0 Å². The van der Waals surface area contributed by atoms with Crippen LogP contribution in [0.25, 0.3) is 0 Å². The average Bonchev–Trinajstić information content (AvgIpc) is 3.53. The van der Waals surface area contributed by atoms with Crippen LogP contribution in [0.1, 0.15) is 37.0 Å². The smallest absolute Gasteiger partial charge is 0.245 e. The average molecular weight is 446 g/mol. The summed E-state index contributed by atoms with van der Waals surface area (Å²) in [5, 5.41) is 7.00. The number of aliphatic hydroxyl groups is 1. The van der Waals surface area contributed by atoms with Gasteiger partial charge in [-0.05, 0) is 43.2 Å². The number of hydrogen-bond acceptors (Lipinski definition) is 4. The van der Waals surface area contributed by atoms with E-state index in [9.17, 15) is 4.79 Å². The predicted molar refractivity (Wildman–Crippen MR) is 132 cm³/mol. The van der Waals surface area contributed by atoms with E-state index in [1.165, 1.54) is 5.56 Å². The number of likely N-dealkylation sites (N-methyl/N-ethyl adjacent to an activating group) is 1. The predicted octanol–water partition coefficient (Wildman–Crippen LogP) is 4.42. The van der Waals surface area contributed by atoms with Crippen molar-refractivity contribution in [1.29, 1.82) is 0 Å². The third kappa shape index (κ3) is 4.27. The highest BCUT2D eigenvalue weighted by atomic mass is 16.5. The quantitative estimate of drug-likeness (QED) is 0.549. The first kappa shape index (κ1) is 24.2. The van der Waals surface area contributed by atoms with Crippen LogP contribution in [-0.4, -0.2) is 37.9 Å². The number of ether oxygens (including phenoxy) is 2. The molecule has 1 spiro atoms. The lowest BCUT2D eigenvalue weighted by Crippen LogP contribution is -2.42. The van der Waals surface area contributed by atoms with Gasteiger partial charge in [0.1, 0.15) is 23.5 Å². The standard InChI is InChI=1S/C19H17NO3.C8H10.CH4O/c1-2-20-15-6-4-3-5-13(15)19(18(20)21)11-23-17-10-16-12(7-8-22-16)9-14(17)19;1-3-5-7-8-6-4-2;1-2/h3-6,9-10H,2,7-8,11H2,1H3;3-4,6H,1,8H2,2H3;2H,1H3/b;6-4-;. The Balaban J connectivity index is 0.000000264. The normalized spacial score (nSPS) is 18.5. The second-order valence-electron chi connectivity index (χ2n) is 7.61. The second kappa shape index (κ2) is 10.9. The molecule has 1 amide bonds. The number of amides is 1. The lowest BCUT2D eigenvalue weighted by atomic mass is 9.76. The fraction of sp³-hybridized carbons (Fsp3) is 0.321. The van der Waals surface area contributed by atoms with Crippen LogP contribution in [0.5, 0.6) is 11.5 Å². The molecule has 0 bridgehead atoms. The number of hydrogen-bond donors (Lipinski definition) is 1. The number of aliphatic hydroxyl groups excluding tert-OH is 1. The van der Waals surface area contributed by atoms with Gasteiger partial charge in [-0.3, -0.25) is 4.79 Å². The van der Waals surface area contributed by atoms with Crippen molar-refractivity contribution in [2.75, 3.05) is 31.8 Å². The number of nitrogens with zero attached hydrogens (tertiary/aromatic N) is 1. The molecule has 3 heterocycles. The summed E-state index contributed by atoms with van der Waals surface area (Å²) in [6, 6.07) is 12.2. The number of carbonyl (C=O) groups is 1. The van der Waals surface area contributed by atoms with E-state index in [0.29, 0.717) is 19.8 Å². The Labute approximate surface area is 196 Å². The summed E-state index contributed by atoms with van der Waals surface area (Å²) in [4.78, 5) is 15.2. The van der Waals surface area contributed by atoms with Crippen molar-refractivity contribution in [3.8, 4) is 23.3 Å². The maximum absolute atomic E-state index is 13.3. The lowest BCUT2D eigenvalue weighted by Gasteiger charge is -2.22. The van der Waals surface area contributed by atoms with Gasteiger partial charge in [-0.15, -0.1) is 0 Å². The molecule has 0 radical (unpaired) electrons. The van der Waals surface area contributed by atoms with Crippen molar-refractivity contribution < 1.29 is 19.4 Å². The summed E-state index contributed by atoms with van der Waals surface area (Å²) in [7, 11) is 1.00. The molecule has 2 aromatic rings. The summed E-state index contributed by atoms with van der Waals surface area (Å²) >= 11 is 0. The molecule has 0 aromatic heterocycles. The maximum atomic E-state index is 13.3. The Hall–Kier alpha value is -3.49. The third-order valence-corrected chi connectivity index (χ3v) is 5.94. The molecule has 1 N–H and O–H groups in total. The van der Waals surface area contributed by atoms with E-state index in [4.69, 9.17) is 14.6 Å². The fourth-order valence-electron chi connectivity index (χ4n) is 4.47. The minimum atomic E-state index is -0.695. The van der Waals surface area contributed by atoms with Gasteiger partial charge in [-0.25, -0.2) is 0 Å². The van der Waals surface area contributed by atoms with Crippen LogP contribution >= 0.6 is 0 Å². The van der Waals surface area contributed by atoms with Gasteiger partial charge in [0.15, 0.2) is 0 Å². The first-order chi connectivity index (χ1) is 16.2. The van der Waals surface area contributed by atoms with Crippen LogP contribution in [0.15, 0.2) is 61.2 Å². The van der Waals surface area contributed by atoms with Crippen molar-refractivity contribution >= 4 is 11.6 Å². The van der Waals surface area contributed by atoms with E-state index in [1.807, 2.05) is 55.2 Å². The molecule has 0 saturated heterocycles. The van der Waals surface area contributed by atoms with Crippen molar-refractivity contribution in [3.05, 3.63) is 77.9 Å². The maximum Gasteiger partial charge on any atom is 0.245 e. The number of anilines is 1. The van der Waals surface area contributed by atoms with Gasteiger partial charge in [0.25, 0.3) is 0 Å². The van der Waals surface area contributed by atoms with Gasteiger partial charge < -0.3 is 19.5 Å². The minimum Gasteiger partial charge on any atom is -0.493 e. The van der Waals surface area contributed by atoms with Crippen LogP contribution in [0.3, 0.4) is 0 Å². The zero-order valence-electron chi connectivity index (χ0n) is 19.6.